The van der Waals surface area contributed by atoms with Gasteiger partial charge in [0.1, 0.15) is 17.3 Å². The van der Waals surface area contributed by atoms with E-state index in [0.717, 1.165) is 5.56 Å². The number of nitrogens with zero attached hydrogens (tertiary/aromatic N) is 1. The lowest BCUT2D eigenvalue weighted by Gasteiger charge is -2.25. The van der Waals surface area contributed by atoms with Crippen molar-refractivity contribution in [3.63, 3.8) is 0 Å². The highest BCUT2D eigenvalue weighted by Gasteiger charge is 2.45. The lowest BCUT2D eigenvalue weighted by atomic mass is 9.95. The van der Waals surface area contributed by atoms with Crippen molar-refractivity contribution in [3.05, 3.63) is 94.8 Å². The van der Waals surface area contributed by atoms with Gasteiger partial charge in [0.15, 0.2) is 11.5 Å². The maximum absolute atomic E-state index is 13.4. The monoisotopic (exact) mass is 491 g/mol. The van der Waals surface area contributed by atoms with Gasteiger partial charge in [-0.15, -0.1) is 0 Å². The molecule has 3 aromatic rings. The number of benzene rings is 3. The molecule has 7 nitrogen and oxygen atoms in total. The van der Waals surface area contributed by atoms with Gasteiger partial charge in [0.25, 0.3) is 11.7 Å². The normalized spacial score (nSPS) is 16.8. The minimum Gasteiger partial charge on any atom is -0.507 e. The topological polar surface area (TPSA) is 85.3 Å². The first-order valence-corrected chi connectivity index (χ1v) is 11.3. The average Bonchev–Trinajstić information content (AvgIpc) is 3.16. The Morgan fingerprint density at radius 2 is 1.56 bits per heavy atom. The van der Waals surface area contributed by atoms with Crippen LogP contribution in [0.2, 0.25) is 0 Å². The van der Waals surface area contributed by atoms with E-state index >= 15 is 0 Å². The molecule has 186 valence electrons. The summed E-state index contributed by atoms with van der Waals surface area (Å²) < 4.78 is 29.3. The summed E-state index contributed by atoms with van der Waals surface area (Å²) >= 11 is 0. The number of ether oxygens (including phenoxy) is 3. The first-order chi connectivity index (χ1) is 17.4. The number of hydrogen-bond acceptors (Lipinski definition) is 6. The molecule has 1 N–H and O–H groups in total. The molecule has 0 spiro atoms. The summed E-state index contributed by atoms with van der Waals surface area (Å²) in [6, 6.07) is 16.7. The third kappa shape index (κ3) is 4.75. The van der Waals surface area contributed by atoms with E-state index in [1.54, 1.807) is 51.7 Å². The average molecular weight is 492 g/mol. The second-order valence-corrected chi connectivity index (χ2v) is 8.21. The van der Waals surface area contributed by atoms with Crippen molar-refractivity contribution in [2.45, 2.75) is 12.5 Å². The van der Waals surface area contributed by atoms with Crippen LogP contribution < -0.4 is 14.2 Å². The third-order valence-electron chi connectivity index (χ3n) is 6.18. The van der Waals surface area contributed by atoms with Gasteiger partial charge in [-0.3, -0.25) is 9.59 Å². The van der Waals surface area contributed by atoms with E-state index in [0.29, 0.717) is 29.2 Å². The van der Waals surface area contributed by atoms with Crippen molar-refractivity contribution in [3.8, 4) is 17.2 Å². The van der Waals surface area contributed by atoms with Crippen molar-refractivity contribution in [2.75, 3.05) is 27.9 Å². The Labute approximate surface area is 208 Å². The predicted molar refractivity (Wildman–Crippen MR) is 132 cm³/mol. The number of hydrogen-bond donors (Lipinski definition) is 1. The van der Waals surface area contributed by atoms with Crippen LogP contribution >= 0.6 is 0 Å². The van der Waals surface area contributed by atoms with Crippen LogP contribution in [-0.2, 0) is 16.0 Å². The number of methoxy groups -OCH3 is 3. The molecule has 4 rings (SSSR count). The van der Waals surface area contributed by atoms with Gasteiger partial charge in [-0.05, 0) is 66.1 Å². The first kappa shape index (κ1) is 24.8. The molecule has 1 aliphatic heterocycles. The van der Waals surface area contributed by atoms with Gasteiger partial charge in [-0.1, -0.05) is 18.2 Å². The fourth-order valence-electron chi connectivity index (χ4n) is 4.29. The van der Waals surface area contributed by atoms with E-state index in [-0.39, 0.29) is 23.4 Å². The molecule has 1 unspecified atom stereocenters. The number of rotatable bonds is 8. The molecule has 1 fully saturated rings. The van der Waals surface area contributed by atoms with Crippen molar-refractivity contribution in [1.29, 1.82) is 0 Å². The van der Waals surface area contributed by atoms with Gasteiger partial charge in [-0.25, -0.2) is 4.39 Å². The van der Waals surface area contributed by atoms with Gasteiger partial charge in [-0.2, -0.15) is 0 Å². The van der Waals surface area contributed by atoms with Crippen molar-refractivity contribution >= 4 is 17.4 Å². The fraction of sp³-hybridized carbons (Fsp3) is 0.214. The summed E-state index contributed by atoms with van der Waals surface area (Å²) in [5.41, 5.74) is 1.70. The fourth-order valence-corrected chi connectivity index (χ4v) is 4.29. The molecule has 0 saturated carbocycles. The number of ketones is 1. The van der Waals surface area contributed by atoms with Gasteiger partial charge in [0.05, 0.1) is 32.9 Å². The molecular formula is C28H26FNO6. The molecule has 1 saturated heterocycles. The van der Waals surface area contributed by atoms with Crippen LogP contribution in [0.25, 0.3) is 5.76 Å². The predicted octanol–water partition coefficient (Wildman–Crippen LogP) is 4.52. The Morgan fingerprint density at radius 3 is 2.17 bits per heavy atom. The van der Waals surface area contributed by atoms with E-state index in [1.165, 1.54) is 29.2 Å². The summed E-state index contributed by atoms with van der Waals surface area (Å²) in [7, 11) is 4.63. The zero-order valence-electron chi connectivity index (χ0n) is 20.2. The third-order valence-corrected chi connectivity index (χ3v) is 6.18. The van der Waals surface area contributed by atoms with E-state index in [1.807, 2.05) is 12.1 Å². The SMILES string of the molecule is COc1ccc(C2/C(=C(/O)c3ccc(F)cc3)C(=O)C(=O)N2CCc2ccc(OC)c(OC)c2)cc1. The molecule has 1 heterocycles. The lowest BCUT2D eigenvalue weighted by molar-refractivity contribution is -0.139. The van der Waals surface area contributed by atoms with Crippen LogP contribution in [0.3, 0.4) is 0 Å². The number of likely N-dealkylation sites (tertiary alicyclic amines) is 1. The summed E-state index contributed by atoms with van der Waals surface area (Å²) in [4.78, 5) is 27.8. The Morgan fingerprint density at radius 1 is 0.889 bits per heavy atom. The minimum absolute atomic E-state index is 0.0518. The molecule has 1 atom stereocenters. The Kier molecular flexibility index (Phi) is 7.24. The molecule has 0 radical (unpaired) electrons. The summed E-state index contributed by atoms with van der Waals surface area (Å²) in [5.74, 6) is -0.611. The van der Waals surface area contributed by atoms with Crippen molar-refractivity contribution in [2.24, 2.45) is 0 Å². The van der Waals surface area contributed by atoms with E-state index in [2.05, 4.69) is 0 Å². The van der Waals surface area contributed by atoms with Crippen LogP contribution in [0.15, 0.2) is 72.3 Å². The highest BCUT2D eigenvalue weighted by molar-refractivity contribution is 6.46. The van der Waals surface area contributed by atoms with Crippen LogP contribution in [-0.4, -0.2) is 49.6 Å². The van der Waals surface area contributed by atoms with Gasteiger partial charge < -0.3 is 24.2 Å². The second-order valence-electron chi connectivity index (χ2n) is 8.21. The van der Waals surface area contributed by atoms with E-state index in [9.17, 15) is 19.1 Å². The minimum atomic E-state index is -0.832. The number of halogens is 1. The first-order valence-electron chi connectivity index (χ1n) is 11.3. The summed E-state index contributed by atoms with van der Waals surface area (Å²) in [6.45, 7) is 0.205. The maximum atomic E-state index is 13.4. The van der Waals surface area contributed by atoms with E-state index in [4.69, 9.17) is 14.2 Å². The molecule has 0 bridgehead atoms. The van der Waals surface area contributed by atoms with Crippen molar-refractivity contribution in [1.82, 2.24) is 4.90 Å². The molecule has 8 heteroatoms. The molecular weight excluding hydrogens is 465 g/mol. The van der Waals surface area contributed by atoms with Gasteiger partial charge in [0.2, 0.25) is 0 Å². The highest BCUT2D eigenvalue weighted by atomic mass is 19.1. The van der Waals surface area contributed by atoms with E-state index < -0.39 is 23.5 Å². The van der Waals surface area contributed by atoms with Crippen LogP contribution in [0.5, 0.6) is 17.2 Å². The number of aliphatic hydroxyl groups is 1. The van der Waals surface area contributed by atoms with Crippen molar-refractivity contribution < 1.29 is 33.3 Å². The molecule has 36 heavy (non-hydrogen) atoms. The summed E-state index contributed by atoms with van der Waals surface area (Å²) in [6.07, 6.45) is 0.427. The zero-order valence-corrected chi connectivity index (χ0v) is 20.2. The summed E-state index contributed by atoms with van der Waals surface area (Å²) in [5, 5.41) is 11.1. The number of carbonyl (C=O) groups excluding carboxylic acids is 2. The standard InChI is InChI=1S/C28H26FNO6/c1-34-21-11-7-18(8-12-21)25-24(26(31)19-5-9-20(29)10-6-19)27(32)28(33)30(25)15-14-17-4-13-22(35-2)23(16-17)36-3/h4-13,16,25,31H,14-15H2,1-3H3/b26-24-. The van der Waals surface area contributed by atoms with Crippen LogP contribution in [0.4, 0.5) is 4.39 Å². The molecule has 0 aliphatic carbocycles. The Balaban J connectivity index is 1.74. The second kappa shape index (κ2) is 10.5. The van der Waals surface area contributed by atoms with Gasteiger partial charge >= 0.3 is 0 Å². The molecule has 0 aromatic heterocycles. The number of aliphatic hydroxyl groups excluding tert-OH is 1. The maximum Gasteiger partial charge on any atom is 0.295 e. The van der Waals surface area contributed by atoms with Crippen LogP contribution in [0.1, 0.15) is 22.7 Å². The Hall–Kier alpha value is -4.33. The molecule has 1 aliphatic rings. The lowest BCUT2D eigenvalue weighted by Crippen LogP contribution is -2.31. The number of Topliss-reactive ketones (excluding diaryl/α,β-unsaturated/α-hetero) is 1. The molecule has 1 amide bonds. The number of amides is 1. The highest BCUT2D eigenvalue weighted by Crippen LogP contribution is 2.40. The number of carbonyl (C=O) groups is 2. The van der Waals surface area contributed by atoms with Gasteiger partial charge in [0, 0.05) is 12.1 Å². The largest absolute Gasteiger partial charge is 0.507 e. The Bertz CT molecular complexity index is 1300. The quantitative estimate of drug-likeness (QED) is 0.283. The van der Waals surface area contributed by atoms with Crippen LogP contribution in [0, 0.1) is 5.82 Å². The zero-order chi connectivity index (χ0) is 25.8. The molecule has 3 aromatic carbocycles. The smallest absolute Gasteiger partial charge is 0.295 e.